The topological polar surface area (TPSA) is 29.4 Å². The Bertz CT molecular complexity index is 118. The van der Waals surface area contributed by atoms with Crippen molar-refractivity contribution in [3.8, 4) is 0 Å². The molecule has 1 atom stereocenters. The second-order valence-corrected chi connectivity index (χ2v) is 1.59. The summed E-state index contributed by atoms with van der Waals surface area (Å²) in [5.41, 5.74) is 0. The number of aliphatic imine (C=N–C) groups is 1. The molecule has 0 bridgehead atoms. The zero-order chi connectivity index (χ0) is 6.41. The molecule has 0 spiro atoms. The Hall–Kier alpha value is -0.114. The average molecular weight is 137 g/mol. The second kappa shape index (κ2) is 7.89. The third kappa shape index (κ3) is 7.89. The monoisotopic (exact) mass is 137 g/mol. The fourth-order valence-corrected chi connectivity index (χ4v) is 0.384. The molecule has 0 saturated heterocycles. The smallest absolute Gasteiger partial charge is 0.211 e. The summed E-state index contributed by atoms with van der Waals surface area (Å²) in [5.74, 6) is 0. The van der Waals surface area contributed by atoms with Crippen LogP contribution in [-0.4, -0.2) is 35.2 Å². The lowest BCUT2D eigenvalue weighted by molar-refractivity contribution is 0.558. The number of carbonyl (C=O) groups excluding carboxylic acids is 1. The van der Waals surface area contributed by atoms with E-state index in [0.717, 1.165) is 6.42 Å². The van der Waals surface area contributed by atoms with E-state index in [9.17, 15) is 4.79 Å². The highest BCUT2D eigenvalue weighted by Gasteiger charge is 1.90. The lowest BCUT2D eigenvalue weighted by atomic mass is 10.2. The molecular weight excluding hydrogens is 126 g/mol. The normalized spacial score (nSPS) is 10.3. The Morgan fingerprint density at radius 3 is 2.78 bits per heavy atom. The summed E-state index contributed by atoms with van der Waals surface area (Å²) in [6, 6.07) is 0.0463. The molecule has 2 nitrogen and oxygen atoms in total. The summed E-state index contributed by atoms with van der Waals surface area (Å²) in [7, 11) is 0. The first kappa shape index (κ1) is 11.7. The van der Waals surface area contributed by atoms with Crippen molar-refractivity contribution in [2.75, 3.05) is 0 Å². The quantitative estimate of drug-likeness (QED) is 0.239. The molecule has 48 valence electrons. The van der Waals surface area contributed by atoms with Crippen LogP contribution in [0.3, 0.4) is 0 Å². The van der Waals surface area contributed by atoms with Gasteiger partial charge in [-0.15, -0.1) is 6.58 Å². The van der Waals surface area contributed by atoms with Crippen LogP contribution >= 0.6 is 0 Å². The van der Waals surface area contributed by atoms with E-state index in [0.29, 0.717) is 0 Å². The van der Waals surface area contributed by atoms with Crippen molar-refractivity contribution in [2.45, 2.75) is 19.4 Å². The predicted molar refractivity (Wildman–Crippen MR) is 40.9 cm³/mol. The molecule has 0 aromatic carbocycles. The van der Waals surface area contributed by atoms with Crippen LogP contribution in [-0.2, 0) is 4.79 Å². The largest absolute Gasteiger partial charge is 0.316 e. The van der Waals surface area contributed by atoms with Gasteiger partial charge in [0.1, 0.15) is 0 Å². The van der Waals surface area contributed by atoms with E-state index in [1.807, 2.05) is 6.92 Å². The fraction of sp³-hybridized carbons (Fsp3) is 0.500. The van der Waals surface area contributed by atoms with Gasteiger partial charge in [-0.3, -0.25) is 0 Å². The zero-order valence-electron chi connectivity index (χ0n) is 4.92. The van der Waals surface area contributed by atoms with Gasteiger partial charge in [-0.2, -0.15) is 0 Å². The third-order valence-corrected chi connectivity index (χ3v) is 0.781. The molecule has 0 aliphatic rings. The van der Waals surface area contributed by atoms with Gasteiger partial charge in [-0.1, -0.05) is 6.08 Å². The summed E-state index contributed by atoms with van der Waals surface area (Å²) in [6.45, 7) is 5.33. The van der Waals surface area contributed by atoms with Gasteiger partial charge >= 0.3 is 23.1 Å². The van der Waals surface area contributed by atoms with E-state index >= 15 is 0 Å². The van der Waals surface area contributed by atoms with E-state index in [2.05, 4.69) is 11.6 Å². The minimum Gasteiger partial charge on any atom is -0.211 e. The third-order valence-electron chi connectivity index (χ3n) is 0.781. The van der Waals surface area contributed by atoms with Crippen molar-refractivity contribution in [1.29, 1.82) is 0 Å². The van der Waals surface area contributed by atoms with Gasteiger partial charge in [-0.05, 0) is 13.3 Å². The van der Waals surface area contributed by atoms with Crippen molar-refractivity contribution in [2.24, 2.45) is 4.99 Å². The maximum atomic E-state index is 9.56. The van der Waals surface area contributed by atoms with Crippen molar-refractivity contribution < 1.29 is 4.79 Å². The van der Waals surface area contributed by atoms with Crippen LogP contribution in [0.15, 0.2) is 17.6 Å². The summed E-state index contributed by atoms with van der Waals surface area (Å²) < 4.78 is 0. The van der Waals surface area contributed by atoms with Crippen LogP contribution in [0.4, 0.5) is 0 Å². The lowest BCUT2D eigenvalue weighted by Gasteiger charge is -1.93. The molecule has 0 aromatic heterocycles. The molecule has 0 aliphatic heterocycles. The van der Waals surface area contributed by atoms with Crippen molar-refractivity contribution in [1.82, 2.24) is 0 Å². The van der Waals surface area contributed by atoms with Crippen molar-refractivity contribution in [3.63, 3.8) is 0 Å². The Labute approximate surface area is 71.2 Å². The van der Waals surface area contributed by atoms with Gasteiger partial charge in [0.05, 0.1) is 6.04 Å². The van der Waals surface area contributed by atoms with E-state index in [4.69, 9.17) is 0 Å². The standard InChI is InChI=1S/C6H9NO.Mg.2H/c1-3-4-6(2)7-5-8;;;/h3,6H,1,4H2,2H3;;;. The lowest BCUT2D eigenvalue weighted by Crippen LogP contribution is -1.92. The molecule has 0 radical (unpaired) electrons. The predicted octanol–water partition coefficient (Wildman–Crippen LogP) is 0.371. The molecule has 0 heterocycles. The zero-order valence-corrected chi connectivity index (χ0v) is 4.92. The molecule has 0 fully saturated rings. The number of hydrogen-bond donors (Lipinski definition) is 0. The molecule has 3 heteroatoms. The number of isocyanates is 1. The van der Waals surface area contributed by atoms with E-state index in [1.54, 1.807) is 6.08 Å². The Balaban J connectivity index is 0. The van der Waals surface area contributed by atoms with Gasteiger partial charge < -0.3 is 0 Å². The highest BCUT2D eigenvalue weighted by Crippen LogP contribution is 1.93. The summed E-state index contributed by atoms with van der Waals surface area (Å²) in [4.78, 5) is 13.0. The molecule has 0 N–H and O–H groups in total. The van der Waals surface area contributed by atoms with Crippen LogP contribution in [0, 0.1) is 0 Å². The molecule has 9 heavy (non-hydrogen) atoms. The number of nitrogens with zero attached hydrogens (tertiary/aromatic N) is 1. The minimum atomic E-state index is 0. The number of hydrogen-bond acceptors (Lipinski definition) is 2. The fourth-order valence-electron chi connectivity index (χ4n) is 0.384. The van der Waals surface area contributed by atoms with Gasteiger partial charge in [0.25, 0.3) is 0 Å². The summed E-state index contributed by atoms with van der Waals surface area (Å²) in [5, 5.41) is 0. The van der Waals surface area contributed by atoms with E-state index in [1.165, 1.54) is 6.08 Å². The first-order chi connectivity index (χ1) is 3.81. The Morgan fingerprint density at radius 2 is 2.44 bits per heavy atom. The maximum Gasteiger partial charge on any atom is 0.316 e. The van der Waals surface area contributed by atoms with Crippen LogP contribution in [0.25, 0.3) is 0 Å². The molecule has 0 amide bonds. The molecule has 0 rings (SSSR count). The first-order valence-corrected chi connectivity index (χ1v) is 2.49. The van der Waals surface area contributed by atoms with Gasteiger partial charge in [0.2, 0.25) is 6.08 Å². The van der Waals surface area contributed by atoms with Crippen LogP contribution < -0.4 is 0 Å². The van der Waals surface area contributed by atoms with Gasteiger partial charge in [0.15, 0.2) is 0 Å². The highest BCUT2D eigenvalue weighted by molar-refractivity contribution is 5.75. The van der Waals surface area contributed by atoms with E-state index in [-0.39, 0.29) is 29.1 Å². The van der Waals surface area contributed by atoms with Crippen molar-refractivity contribution in [3.05, 3.63) is 12.7 Å². The van der Waals surface area contributed by atoms with Gasteiger partial charge in [-0.25, -0.2) is 9.79 Å². The minimum absolute atomic E-state index is 0. The Kier molecular flexibility index (Phi) is 10.2. The molecular formula is C6H11MgNO. The summed E-state index contributed by atoms with van der Waals surface area (Å²) in [6.07, 6.45) is 3.95. The molecule has 0 aliphatic carbocycles. The first-order valence-electron chi connectivity index (χ1n) is 2.49. The molecule has 0 saturated carbocycles. The van der Waals surface area contributed by atoms with E-state index < -0.39 is 0 Å². The number of rotatable bonds is 3. The second-order valence-electron chi connectivity index (χ2n) is 1.59. The Morgan fingerprint density at radius 1 is 1.89 bits per heavy atom. The van der Waals surface area contributed by atoms with Crippen LogP contribution in [0.2, 0.25) is 0 Å². The van der Waals surface area contributed by atoms with Gasteiger partial charge in [0, 0.05) is 0 Å². The highest BCUT2D eigenvalue weighted by atomic mass is 24.3. The SMILES string of the molecule is C=CCC(C)N=C=O.[MgH2]. The molecule has 1 unspecified atom stereocenters. The average Bonchev–Trinajstić information content (AvgIpc) is 1.68. The summed E-state index contributed by atoms with van der Waals surface area (Å²) >= 11 is 0. The van der Waals surface area contributed by atoms with Crippen molar-refractivity contribution >= 4 is 29.1 Å². The molecule has 0 aromatic rings. The van der Waals surface area contributed by atoms with Crippen LogP contribution in [0.1, 0.15) is 13.3 Å². The van der Waals surface area contributed by atoms with Crippen LogP contribution in [0.5, 0.6) is 0 Å². The maximum absolute atomic E-state index is 9.56.